The van der Waals surface area contributed by atoms with Gasteiger partial charge in [0.15, 0.2) is 11.6 Å². The van der Waals surface area contributed by atoms with Gasteiger partial charge in [0, 0.05) is 0 Å². The number of methoxy groups -OCH3 is 1. The summed E-state index contributed by atoms with van der Waals surface area (Å²) in [5.41, 5.74) is 3.51. The van der Waals surface area contributed by atoms with Gasteiger partial charge in [0.05, 0.1) is 29.9 Å². The van der Waals surface area contributed by atoms with Crippen LogP contribution in [0.4, 0.5) is 20.6 Å². The molecule has 0 radical (unpaired) electrons. The van der Waals surface area contributed by atoms with Crippen molar-refractivity contribution in [1.29, 1.82) is 0 Å². The lowest BCUT2D eigenvalue weighted by molar-refractivity contribution is 0.254. The number of hydrogen-bond donors (Lipinski definition) is 0. The first-order valence-corrected chi connectivity index (χ1v) is 10.2. The molecule has 0 atom stereocenters. The fourth-order valence-electron chi connectivity index (χ4n) is 3.32. The van der Waals surface area contributed by atoms with E-state index in [0.717, 1.165) is 22.7 Å². The predicted octanol–water partition coefficient (Wildman–Crippen LogP) is 6.05. The lowest BCUT2D eigenvalue weighted by atomic mass is 10.1. The molecule has 0 bridgehead atoms. The minimum Gasteiger partial charge on any atom is -0.494 e. The molecule has 148 valence electrons. The zero-order chi connectivity index (χ0) is 20.4. The van der Waals surface area contributed by atoms with Crippen molar-refractivity contribution in [3.63, 3.8) is 0 Å². The number of ether oxygens (including phenoxy) is 1. The molecule has 4 nitrogen and oxygen atoms in total. The summed E-state index contributed by atoms with van der Waals surface area (Å²) in [5.74, 6) is -0.252. The van der Waals surface area contributed by atoms with Crippen molar-refractivity contribution in [3.8, 4) is 5.75 Å². The predicted molar refractivity (Wildman–Crippen MR) is 115 cm³/mol. The largest absolute Gasteiger partial charge is 0.494 e. The maximum atomic E-state index is 14.2. The summed E-state index contributed by atoms with van der Waals surface area (Å²) in [5, 5.41) is 0. The smallest absolute Gasteiger partial charge is 0.339 e. The highest BCUT2D eigenvalue weighted by molar-refractivity contribution is 8.01. The van der Waals surface area contributed by atoms with Gasteiger partial charge in [-0.25, -0.2) is 13.5 Å². The van der Waals surface area contributed by atoms with Crippen LogP contribution in [0, 0.1) is 5.82 Å². The standard InChI is InChI=1S/C23H21FN2O2S/c1-3-16-7-6-8-18(13-16)26-23(27)25(20-9-4-5-10-22(20)29-26)15-17-11-12-21(28-2)19(24)14-17/h4-14H,3,15H2,1-2H3. The van der Waals surface area contributed by atoms with Crippen molar-refractivity contribution >= 4 is 29.4 Å². The summed E-state index contributed by atoms with van der Waals surface area (Å²) >= 11 is 1.41. The maximum absolute atomic E-state index is 14.2. The van der Waals surface area contributed by atoms with E-state index < -0.39 is 5.82 Å². The highest BCUT2D eigenvalue weighted by Gasteiger charge is 2.32. The van der Waals surface area contributed by atoms with E-state index in [-0.39, 0.29) is 18.3 Å². The lowest BCUT2D eigenvalue weighted by Gasteiger charge is -2.36. The van der Waals surface area contributed by atoms with Crippen LogP contribution in [0.1, 0.15) is 18.1 Å². The molecular weight excluding hydrogens is 387 g/mol. The fourth-order valence-corrected chi connectivity index (χ4v) is 4.32. The van der Waals surface area contributed by atoms with Crippen LogP contribution in [0.2, 0.25) is 0 Å². The summed E-state index contributed by atoms with van der Waals surface area (Å²) in [6, 6.07) is 20.4. The fraction of sp³-hybridized carbons (Fsp3) is 0.174. The SMILES string of the molecule is CCc1cccc(N2Sc3ccccc3N(Cc3ccc(OC)c(F)c3)C2=O)c1. The molecule has 0 unspecified atom stereocenters. The molecule has 6 heteroatoms. The van der Waals surface area contributed by atoms with Crippen molar-refractivity contribution < 1.29 is 13.9 Å². The minimum absolute atomic E-state index is 0.154. The number of aryl methyl sites for hydroxylation is 1. The molecule has 4 rings (SSSR count). The number of amides is 2. The van der Waals surface area contributed by atoms with Crippen LogP contribution < -0.4 is 13.9 Å². The van der Waals surface area contributed by atoms with Gasteiger partial charge in [-0.05, 0) is 65.9 Å². The Balaban J connectivity index is 1.71. The van der Waals surface area contributed by atoms with Gasteiger partial charge in [0.1, 0.15) is 0 Å². The Morgan fingerprint density at radius 1 is 1.00 bits per heavy atom. The third-order valence-corrected chi connectivity index (χ3v) is 5.95. The lowest BCUT2D eigenvalue weighted by Crippen LogP contribution is -2.42. The number of benzene rings is 3. The summed E-state index contributed by atoms with van der Waals surface area (Å²) < 4.78 is 20.9. The van der Waals surface area contributed by atoms with Crippen LogP contribution in [0.15, 0.2) is 71.6 Å². The molecule has 1 aliphatic heterocycles. The highest BCUT2D eigenvalue weighted by atomic mass is 32.2. The van der Waals surface area contributed by atoms with E-state index in [1.807, 2.05) is 42.5 Å². The van der Waals surface area contributed by atoms with E-state index in [9.17, 15) is 9.18 Å². The molecule has 0 aromatic heterocycles. The first-order chi connectivity index (χ1) is 14.1. The summed E-state index contributed by atoms with van der Waals surface area (Å²) in [6.07, 6.45) is 0.895. The Morgan fingerprint density at radius 3 is 2.59 bits per heavy atom. The van der Waals surface area contributed by atoms with E-state index in [2.05, 4.69) is 13.0 Å². The normalized spacial score (nSPS) is 13.4. The van der Waals surface area contributed by atoms with E-state index >= 15 is 0 Å². The molecule has 0 aliphatic carbocycles. The van der Waals surface area contributed by atoms with Crippen LogP contribution in [-0.4, -0.2) is 13.1 Å². The second-order valence-corrected chi connectivity index (χ2v) is 7.70. The molecule has 0 spiro atoms. The van der Waals surface area contributed by atoms with Gasteiger partial charge < -0.3 is 4.74 Å². The number of urea groups is 1. The highest BCUT2D eigenvalue weighted by Crippen LogP contribution is 2.42. The Morgan fingerprint density at radius 2 is 1.83 bits per heavy atom. The zero-order valence-corrected chi connectivity index (χ0v) is 17.1. The van der Waals surface area contributed by atoms with Crippen LogP contribution in [0.5, 0.6) is 5.75 Å². The van der Waals surface area contributed by atoms with Crippen molar-refractivity contribution in [3.05, 3.63) is 83.7 Å². The van der Waals surface area contributed by atoms with Crippen molar-refractivity contribution in [2.75, 3.05) is 16.3 Å². The van der Waals surface area contributed by atoms with Crippen molar-refractivity contribution in [2.45, 2.75) is 24.8 Å². The first kappa shape index (κ1) is 19.3. The number of halogens is 1. The number of nitrogens with zero attached hydrogens (tertiary/aromatic N) is 2. The Bertz CT molecular complexity index is 1060. The number of carbonyl (C=O) groups is 1. The number of para-hydroxylation sites is 1. The van der Waals surface area contributed by atoms with Gasteiger partial charge >= 0.3 is 6.03 Å². The average Bonchev–Trinajstić information content (AvgIpc) is 2.75. The molecule has 0 fully saturated rings. The van der Waals surface area contributed by atoms with E-state index in [4.69, 9.17) is 4.74 Å². The summed E-state index contributed by atoms with van der Waals surface area (Å²) in [4.78, 5) is 16.1. The number of carbonyl (C=O) groups excluding carboxylic acids is 1. The van der Waals surface area contributed by atoms with Gasteiger partial charge in [0.2, 0.25) is 0 Å². The zero-order valence-electron chi connectivity index (χ0n) is 16.3. The third-order valence-electron chi connectivity index (χ3n) is 4.86. The Labute approximate surface area is 174 Å². The van der Waals surface area contributed by atoms with Gasteiger partial charge in [0.25, 0.3) is 0 Å². The summed E-state index contributed by atoms with van der Waals surface area (Å²) in [7, 11) is 1.43. The monoisotopic (exact) mass is 408 g/mol. The number of anilines is 2. The minimum atomic E-state index is -0.440. The van der Waals surface area contributed by atoms with Crippen LogP contribution in [0.25, 0.3) is 0 Å². The topological polar surface area (TPSA) is 32.8 Å². The Hall–Kier alpha value is -2.99. The molecule has 2 amide bonds. The van der Waals surface area contributed by atoms with Crippen LogP contribution in [-0.2, 0) is 13.0 Å². The molecule has 3 aromatic rings. The van der Waals surface area contributed by atoms with E-state index in [1.54, 1.807) is 21.3 Å². The van der Waals surface area contributed by atoms with Gasteiger partial charge in [-0.1, -0.05) is 37.3 Å². The Kier molecular flexibility index (Phi) is 5.45. The molecule has 3 aromatic carbocycles. The molecule has 29 heavy (non-hydrogen) atoms. The van der Waals surface area contributed by atoms with Crippen molar-refractivity contribution in [2.24, 2.45) is 0 Å². The quantitative estimate of drug-likeness (QED) is 0.482. The van der Waals surface area contributed by atoms with Crippen molar-refractivity contribution in [1.82, 2.24) is 0 Å². The molecule has 0 saturated heterocycles. The van der Waals surface area contributed by atoms with E-state index in [1.165, 1.54) is 30.7 Å². The molecule has 0 saturated carbocycles. The second-order valence-electron chi connectivity index (χ2n) is 6.71. The molecule has 1 aliphatic rings. The average molecular weight is 408 g/mol. The van der Waals surface area contributed by atoms with Gasteiger partial charge in [-0.2, -0.15) is 0 Å². The maximum Gasteiger partial charge on any atom is 0.339 e. The first-order valence-electron chi connectivity index (χ1n) is 9.40. The van der Waals surface area contributed by atoms with Crippen LogP contribution >= 0.6 is 11.9 Å². The van der Waals surface area contributed by atoms with Crippen LogP contribution in [0.3, 0.4) is 0 Å². The number of rotatable bonds is 5. The second kappa shape index (κ2) is 8.17. The number of hydrogen-bond acceptors (Lipinski definition) is 3. The molecular formula is C23H21FN2O2S. The molecule has 1 heterocycles. The third kappa shape index (κ3) is 3.80. The summed E-state index contributed by atoms with van der Waals surface area (Å²) in [6.45, 7) is 2.35. The van der Waals surface area contributed by atoms with Gasteiger partial charge in [-0.15, -0.1) is 0 Å². The number of fused-ring (bicyclic) bond motifs is 1. The molecule has 0 N–H and O–H groups in total. The van der Waals surface area contributed by atoms with Gasteiger partial charge in [-0.3, -0.25) is 4.90 Å². The van der Waals surface area contributed by atoms with E-state index in [0.29, 0.717) is 5.56 Å².